The van der Waals surface area contributed by atoms with E-state index in [1.165, 1.54) is 11.8 Å². The predicted molar refractivity (Wildman–Crippen MR) is 114 cm³/mol. The van der Waals surface area contributed by atoms with Gasteiger partial charge in [0, 0.05) is 12.1 Å². The van der Waals surface area contributed by atoms with Gasteiger partial charge in [0.2, 0.25) is 11.1 Å². The second kappa shape index (κ2) is 8.16. The lowest BCUT2D eigenvalue weighted by Gasteiger charge is -2.33. The number of hydrogen-bond acceptors (Lipinski definition) is 6. The van der Waals surface area contributed by atoms with Crippen molar-refractivity contribution in [2.75, 3.05) is 17.9 Å². The van der Waals surface area contributed by atoms with Crippen LogP contribution in [0.1, 0.15) is 29.9 Å². The van der Waals surface area contributed by atoms with Gasteiger partial charge in [-0.3, -0.25) is 4.79 Å². The molecule has 0 bridgehead atoms. The van der Waals surface area contributed by atoms with Crippen LogP contribution in [0.15, 0.2) is 53.7 Å². The molecule has 1 aliphatic heterocycles. The van der Waals surface area contributed by atoms with Crippen LogP contribution in [0.2, 0.25) is 0 Å². The first-order valence-corrected chi connectivity index (χ1v) is 10.4. The third-order valence-electron chi connectivity index (χ3n) is 4.96. The Kier molecular flexibility index (Phi) is 5.44. The van der Waals surface area contributed by atoms with Crippen LogP contribution in [0.25, 0.3) is 0 Å². The van der Waals surface area contributed by atoms with Crippen molar-refractivity contribution in [2.24, 2.45) is 0 Å². The molecule has 4 rings (SSSR count). The topological polar surface area (TPSA) is 81.1 Å². The van der Waals surface area contributed by atoms with Gasteiger partial charge in [-0.05, 0) is 36.2 Å². The third-order valence-corrected chi connectivity index (χ3v) is 6.17. The van der Waals surface area contributed by atoms with Crippen molar-refractivity contribution in [3.05, 3.63) is 65.5 Å². The monoisotopic (exact) mass is 409 g/mol. The average Bonchev–Trinajstić information content (AvgIpc) is 3.16. The van der Waals surface area contributed by atoms with Gasteiger partial charge in [0.05, 0.1) is 13.2 Å². The van der Waals surface area contributed by atoms with Crippen molar-refractivity contribution in [3.63, 3.8) is 0 Å². The van der Waals surface area contributed by atoms with Gasteiger partial charge in [-0.15, -0.1) is 10.2 Å². The van der Waals surface area contributed by atoms with Crippen LogP contribution in [0, 0.1) is 6.92 Å². The van der Waals surface area contributed by atoms with E-state index >= 15 is 0 Å². The summed E-state index contributed by atoms with van der Waals surface area (Å²) in [5.41, 5.74) is 6.27. The van der Waals surface area contributed by atoms with Gasteiger partial charge in [-0.2, -0.15) is 0 Å². The van der Waals surface area contributed by atoms with Crippen LogP contribution in [0.3, 0.4) is 0 Å². The molecule has 0 spiro atoms. The quantitative estimate of drug-likeness (QED) is 0.671. The van der Waals surface area contributed by atoms with Crippen molar-refractivity contribution < 1.29 is 9.53 Å². The SMILES string of the molecule is CCc1nnc2n1N[C@@H](c1ccc(OC)cc1)[C@H](C(=O)Nc1ccccc1C)S2. The van der Waals surface area contributed by atoms with Gasteiger partial charge in [0.15, 0.2) is 5.82 Å². The number of aryl methyl sites for hydroxylation is 2. The Bertz CT molecular complexity index is 1020. The molecule has 1 amide bonds. The maximum absolute atomic E-state index is 13.3. The van der Waals surface area contributed by atoms with E-state index in [1.54, 1.807) is 7.11 Å². The number of aromatic nitrogens is 3. The summed E-state index contributed by atoms with van der Waals surface area (Å²) < 4.78 is 7.16. The molecule has 0 saturated heterocycles. The molecular formula is C21H23N5O2S. The Balaban J connectivity index is 1.68. The molecule has 0 fully saturated rings. The van der Waals surface area contributed by atoms with Crippen LogP contribution < -0.4 is 15.5 Å². The maximum Gasteiger partial charge on any atom is 0.240 e. The van der Waals surface area contributed by atoms with E-state index in [4.69, 9.17) is 4.74 Å². The number of hydrogen-bond donors (Lipinski definition) is 2. The number of thioether (sulfide) groups is 1. The number of nitrogens with zero attached hydrogens (tertiary/aromatic N) is 3. The standard InChI is InChI=1S/C21H23N5O2S/c1-4-17-23-24-21-26(17)25-18(14-9-11-15(28-3)12-10-14)19(29-21)20(27)22-16-8-6-5-7-13(16)2/h5-12,18-19,25H,4H2,1-3H3,(H,22,27)/t18-,19+/m0/s1. The molecule has 0 unspecified atom stereocenters. The number of methoxy groups -OCH3 is 1. The largest absolute Gasteiger partial charge is 0.497 e. The number of benzene rings is 2. The molecule has 8 heteroatoms. The lowest BCUT2D eigenvalue weighted by atomic mass is 10.0. The molecule has 1 aliphatic rings. The molecule has 0 saturated carbocycles. The Morgan fingerprint density at radius 1 is 1.21 bits per heavy atom. The van der Waals surface area contributed by atoms with Gasteiger partial charge >= 0.3 is 0 Å². The molecule has 0 radical (unpaired) electrons. The van der Waals surface area contributed by atoms with E-state index in [0.29, 0.717) is 5.16 Å². The summed E-state index contributed by atoms with van der Waals surface area (Å²) in [6, 6.07) is 15.3. The first kappa shape index (κ1) is 19.3. The Labute approximate surface area is 173 Å². The molecule has 2 heterocycles. The molecule has 150 valence electrons. The summed E-state index contributed by atoms with van der Waals surface area (Å²) in [6.07, 6.45) is 0.746. The van der Waals surface area contributed by atoms with E-state index in [-0.39, 0.29) is 11.9 Å². The summed E-state index contributed by atoms with van der Waals surface area (Å²) in [7, 11) is 1.64. The predicted octanol–water partition coefficient (Wildman–Crippen LogP) is 3.56. The van der Waals surface area contributed by atoms with Crippen molar-refractivity contribution in [1.82, 2.24) is 14.9 Å². The third kappa shape index (κ3) is 3.80. The number of anilines is 1. The first-order chi connectivity index (χ1) is 14.1. The van der Waals surface area contributed by atoms with Crippen LogP contribution in [-0.4, -0.2) is 33.1 Å². The van der Waals surface area contributed by atoms with Crippen molar-refractivity contribution >= 4 is 23.4 Å². The summed E-state index contributed by atoms with van der Waals surface area (Å²) in [5, 5.41) is 11.8. The summed E-state index contributed by atoms with van der Waals surface area (Å²) in [5.74, 6) is 1.53. The molecule has 1 aromatic heterocycles. The Morgan fingerprint density at radius 2 is 1.97 bits per heavy atom. The number of nitrogens with one attached hydrogen (secondary N) is 2. The highest BCUT2D eigenvalue weighted by molar-refractivity contribution is 8.00. The van der Waals surface area contributed by atoms with Crippen LogP contribution in [0.4, 0.5) is 5.69 Å². The number of ether oxygens (including phenoxy) is 1. The highest BCUT2D eigenvalue weighted by Gasteiger charge is 2.37. The molecule has 2 atom stereocenters. The lowest BCUT2D eigenvalue weighted by molar-refractivity contribution is -0.116. The molecule has 3 aromatic rings. The summed E-state index contributed by atoms with van der Waals surface area (Å²) in [4.78, 5) is 13.3. The minimum absolute atomic E-state index is 0.0788. The fourth-order valence-electron chi connectivity index (χ4n) is 3.31. The molecule has 2 aromatic carbocycles. The number of carbonyl (C=O) groups is 1. The van der Waals surface area contributed by atoms with Crippen LogP contribution >= 0.6 is 11.8 Å². The second-order valence-corrected chi connectivity index (χ2v) is 7.92. The molecular weight excluding hydrogens is 386 g/mol. The van der Waals surface area contributed by atoms with Crippen LogP contribution in [-0.2, 0) is 11.2 Å². The molecule has 0 aliphatic carbocycles. The van der Waals surface area contributed by atoms with Gasteiger partial charge in [0.1, 0.15) is 11.0 Å². The van der Waals surface area contributed by atoms with E-state index < -0.39 is 5.25 Å². The number of amides is 1. The fourth-order valence-corrected chi connectivity index (χ4v) is 4.40. The van der Waals surface area contributed by atoms with Crippen molar-refractivity contribution in [2.45, 2.75) is 36.7 Å². The Hall–Kier alpha value is -3.00. The first-order valence-electron chi connectivity index (χ1n) is 9.48. The number of fused-ring (bicyclic) bond motifs is 1. The van der Waals surface area contributed by atoms with Crippen molar-refractivity contribution in [1.29, 1.82) is 0 Å². The van der Waals surface area contributed by atoms with Gasteiger partial charge in [-0.25, -0.2) is 4.68 Å². The highest BCUT2D eigenvalue weighted by Crippen LogP contribution is 2.38. The van der Waals surface area contributed by atoms with Crippen LogP contribution in [0.5, 0.6) is 5.75 Å². The summed E-state index contributed by atoms with van der Waals surface area (Å²) in [6.45, 7) is 4.01. The minimum atomic E-state index is -0.413. The number of carbonyl (C=O) groups excluding carboxylic acids is 1. The zero-order chi connectivity index (χ0) is 20.4. The zero-order valence-corrected chi connectivity index (χ0v) is 17.4. The Morgan fingerprint density at radius 3 is 2.66 bits per heavy atom. The normalized spacial score (nSPS) is 17.9. The van der Waals surface area contributed by atoms with E-state index in [9.17, 15) is 4.79 Å². The van der Waals surface area contributed by atoms with Crippen molar-refractivity contribution in [3.8, 4) is 5.75 Å². The fraction of sp³-hybridized carbons (Fsp3) is 0.286. The minimum Gasteiger partial charge on any atom is -0.497 e. The zero-order valence-electron chi connectivity index (χ0n) is 16.5. The number of para-hydroxylation sites is 1. The summed E-state index contributed by atoms with van der Waals surface area (Å²) >= 11 is 1.42. The van der Waals surface area contributed by atoms with Gasteiger partial charge in [0.25, 0.3) is 0 Å². The molecule has 29 heavy (non-hydrogen) atoms. The lowest BCUT2D eigenvalue weighted by Crippen LogP contribution is -2.41. The van der Waals surface area contributed by atoms with Gasteiger partial charge < -0.3 is 15.5 Å². The second-order valence-electron chi connectivity index (χ2n) is 6.81. The van der Waals surface area contributed by atoms with E-state index in [1.807, 2.05) is 67.1 Å². The maximum atomic E-state index is 13.3. The number of rotatable bonds is 5. The highest BCUT2D eigenvalue weighted by atomic mass is 32.2. The van der Waals surface area contributed by atoms with Gasteiger partial charge in [-0.1, -0.05) is 49.0 Å². The van der Waals surface area contributed by atoms with E-state index in [2.05, 4.69) is 20.9 Å². The van der Waals surface area contributed by atoms with E-state index in [0.717, 1.165) is 34.8 Å². The molecule has 7 nitrogen and oxygen atoms in total. The smallest absolute Gasteiger partial charge is 0.240 e. The molecule has 2 N–H and O–H groups in total. The average molecular weight is 410 g/mol.